The first-order chi connectivity index (χ1) is 9.97. The van der Waals surface area contributed by atoms with E-state index in [4.69, 9.17) is 16.3 Å². The molecule has 0 radical (unpaired) electrons. The number of carbonyl (C=O) groups is 1. The Morgan fingerprint density at radius 3 is 2.95 bits per heavy atom. The summed E-state index contributed by atoms with van der Waals surface area (Å²) in [4.78, 5) is 20.9. The molecular formula is C14H15BrClN3O2. The molecule has 1 aromatic carbocycles. The van der Waals surface area contributed by atoms with Gasteiger partial charge >= 0.3 is 0 Å². The van der Waals surface area contributed by atoms with Crippen molar-refractivity contribution >= 4 is 33.4 Å². The normalized spacial score (nSPS) is 12.0. The number of hydrogen-bond donors (Lipinski definition) is 1. The van der Waals surface area contributed by atoms with Crippen LogP contribution in [-0.4, -0.2) is 33.9 Å². The third-order valence-corrected chi connectivity index (χ3v) is 3.72. The summed E-state index contributed by atoms with van der Waals surface area (Å²) in [5.41, 5.74) is 0. The fourth-order valence-corrected chi connectivity index (χ4v) is 2.59. The van der Waals surface area contributed by atoms with Crippen LogP contribution in [0.2, 0.25) is 5.02 Å². The summed E-state index contributed by atoms with van der Waals surface area (Å²) in [5.74, 6) is 1.17. The van der Waals surface area contributed by atoms with Crippen LogP contribution in [0.25, 0.3) is 0 Å². The van der Waals surface area contributed by atoms with Gasteiger partial charge in [0.15, 0.2) is 6.10 Å². The molecule has 0 aliphatic rings. The minimum atomic E-state index is -0.609. The van der Waals surface area contributed by atoms with Crippen LogP contribution in [-0.2, 0) is 11.3 Å². The van der Waals surface area contributed by atoms with Crippen molar-refractivity contribution in [1.29, 1.82) is 0 Å². The number of H-pyrrole nitrogens is 1. The third kappa shape index (κ3) is 4.22. The minimum absolute atomic E-state index is 0.131. The van der Waals surface area contributed by atoms with E-state index in [9.17, 15) is 4.79 Å². The summed E-state index contributed by atoms with van der Waals surface area (Å²) in [6, 6.07) is 5.16. The van der Waals surface area contributed by atoms with Gasteiger partial charge in [0.25, 0.3) is 5.91 Å². The van der Waals surface area contributed by atoms with Gasteiger partial charge in [-0.05, 0) is 41.1 Å². The SMILES string of the molecule is CC(Oc1ccc(Cl)cc1Br)C(=O)N(C)Cc1ncc[nH]1. The molecule has 0 bridgehead atoms. The Morgan fingerprint density at radius 1 is 1.57 bits per heavy atom. The molecule has 2 rings (SSSR count). The first kappa shape index (κ1) is 15.9. The highest BCUT2D eigenvalue weighted by molar-refractivity contribution is 9.10. The van der Waals surface area contributed by atoms with Crippen molar-refractivity contribution in [3.05, 3.63) is 45.9 Å². The largest absolute Gasteiger partial charge is 0.480 e. The fourth-order valence-electron chi connectivity index (χ4n) is 1.81. The third-order valence-electron chi connectivity index (χ3n) is 2.86. The molecule has 21 heavy (non-hydrogen) atoms. The molecule has 0 saturated heterocycles. The van der Waals surface area contributed by atoms with Crippen LogP contribution in [0.3, 0.4) is 0 Å². The Hall–Kier alpha value is -1.53. The quantitative estimate of drug-likeness (QED) is 0.876. The highest BCUT2D eigenvalue weighted by atomic mass is 79.9. The number of carbonyl (C=O) groups excluding carboxylic acids is 1. The topological polar surface area (TPSA) is 58.2 Å². The molecule has 7 heteroatoms. The van der Waals surface area contributed by atoms with Gasteiger partial charge in [0.05, 0.1) is 11.0 Å². The first-order valence-corrected chi connectivity index (χ1v) is 7.49. The van der Waals surface area contributed by atoms with Crippen LogP contribution in [0.4, 0.5) is 0 Å². The van der Waals surface area contributed by atoms with Crippen LogP contribution < -0.4 is 4.74 Å². The first-order valence-electron chi connectivity index (χ1n) is 6.32. The van der Waals surface area contributed by atoms with Gasteiger partial charge in [-0.15, -0.1) is 0 Å². The summed E-state index contributed by atoms with van der Waals surface area (Å²) in [6.07, 6.45) is 2.76. The van der Waals surface area contributed by atoms with Crippen LogP contribution >= 0.6 is 27.5 Å². The van der Waals surface area contributed by atoms with E-state index in [0.29, 0.717) is 21.8 Å². The molecule has 1 N–H and O–H groups in total. The second-order valence-electron chi connectivity index (χ2n) is 4.56. The van der Waals surface area contributed by atoms with Crippen LogP contribution in [0.1, 0.15) is 12.7 Å². The lowest BCUT2D eigenvalue weighted by Crippen LogP contribution is -2.37. The van der Waals surface area contributed by atoms with Gasteiger partial charge in [-0.1, -0.05) is 11.6 Å². The fraction of sp³-hybridized carbons (Fsp3) is 0.286. The number of hydrogen-bond acceptors (Lipinski definition) is 3. The van der Waals surface area contributed by atoms with Crippen molar-refractivity contribution in [3.8, 4) is 5.75 Å². The molecule has 0 fully saturated rings. The van der Waals surface area contributed by atoms with E-state index in [1.54, 1.807) is 49.5 Å². The Labute approximate surface area is 136 Å². The van der Waals surface area contributed by atoms with E-state index in [0.717, 1.165) is 5.82 Å². The van der Waals surface area contributed by atoms with Gasteiger partial charge in [-0.25, -0.2) is 4.98 Å². The van der Waals surface area contributed by atoms with E-state index in [2.05, 4.69) is 25.9 Å². The molecule has 0 saturated carbocycles. The number of halogens is 2. The predicted molar refractivity (Wildman–Crippen MR) is 84.3 cm³/mol. The lowest BCUT2D eigenvalue weighted by Gasteiger charge is -2.21. The molecule has 112 valence electrons. The van der Waals surface area contributed by atoms with Gasteiger partial charge < -0.3 is 14.6 Å². The lowest BCUT2D eigenvalue weighted by molar-refractivity contribution is -0.137. The molecule has 1 heterocycles. The van der Waals surface area contributed by atoms with Crippen molar-refractivity contribution in [2.75, 3.05) is 7.05 Å². The van der Waals surface area contributed by atoms with Gasteiger partial charge in [0, 0.05) is 24.5 Å². The predicted octanol–water partition coefficient (Wildman–Crippen LogP) is 3.25. The van der Waals surface area contributed by atoms with Gasteiger partial charge in [-0.2, -0.15) is 0 Å². The maximum absolute atomic E-state index is 12.3. The molecule has 2 aromatic rings. The Kier molecular flexibility index (Phi) is 5.25. The van der Waals surface area contributed by atoms with Crippen LogP contribution in [0.15, 0.2) is 35.1 Å². The number of nitrogens with one attached hydrogen (secondary N) is 1. The summed E-state index contributed by atoms with van der Waals surface area (Å²) < 4.78 is 6.39. The summed E-state index contributed by atoms with van der Waals surface area (Å²) in [6.45, 7) is 2.11. The zero-order chi connectivity index (χ0) is 15.4. The average Bonchev–Trinajstić information content (AvgIpc) is 2.93. The summed E-state index contributed by atoms with van der Waals surface area (Å²) in [7, 11) is 1.71. The number of likely N-dealkylation sites (N-methyl/N-ethyl adjacent to an activating group) is 1. The molecular weight excluding hydrogens is 358 g/mol. The zero-order valence-electron chi connectivity index (χ0n) is 11.6. The average molecular weight is 373 g/mol. The van der Waals surface area contributed by atoms with Crippen LogP contribution in [0, 0.1) is 0 Å². The Bertz CT molecular complexity index is 619. The highest BCUT2D eigenvalue weighted by Crippen LogP contribution is 2.28. The van der Waals surface area contributed by atoms with Crippen molar-refractivity contribution in [2.24, 2.45) is 0 Å². The van der Waals surface area contributed by atoms with E-state index in [1.807, 2.05) is 0 Å². The molecule has 0 spiro atoms. The molecule has 1 unspecified atom stereocenters. The molecule has 1 aromatic heterocycles. The number of aromatic amines is 1. The van der Waals surface area contributed by atoms with Gasteiger partial charge in [0.2, 0.25) is 0 Å². The molecule has 0 aliphatic heterocycles. The number of benzene rings is 1. The van der Waals surface area contributed by atoms with Gasteiger partial charge in [0.1, 0.15) is 11.6 Å². The second-order valence-corrected chi connectivity index (χ2v) is 5.86. The number of nitrogens with zero attached hydrogens (tertiary/aromatic N) is 2. The summed E-state index contributed by atoms with van der Waals surface area (Å²) >= 11 is 9.24. The monoisotopic (exact) mass is 371 g/mol. The summed E-state index contributed by atoms with van der Waals surface area (Å²) in [5, 5.41) is 0.600. The van der Waals surface area contributed by atoms with Crippen LogP contribution in [0.5, 0.6) is 5.75 Å². The molecule has 1 amide bonds. The van der Waals surface area contributed by atoms with Crippen molar-refractivity contribution in [1.82, 2.24) is 14.9 Å². The number of rotatable bonds is 5. The van der Waals surface area contributed by atoms with Crippen molar-refractivity contribution in [3.63, 3.8) is 0 Å². The number of imidazole rings is 1. The van der Waals surface area contributed by atoms with E-state index in [1.165, 1.54) is 0 Å². The number of ether oxygens (including phenoxy) is 1. The molecule has 1 atom stereocenters. The smallest absolute Gasteiger partial charge is 0.263 e. The van der Waals surface area contributed by atoms with Gasteiger partial charge in [-0.3, -0.25) is 4.79 Å². The van der Waals surface area contributed by atoms with Crippen molar-refractivity contribution in [2.45, 2.75) is 19.6 Å². The lowest BCUT2D eigenvalue weighted by atomic mass is 10.3. The van der Waals surface area contributed by atoms with E-state index < -0.39 is 6.10 Å². The maximum Gasteiger partial charge on any atom is 0.263 e. The molecule has 5 nitrogen and oxygen atoms in total. The van der Waals surface area contributed by atoms with E-state index in [-0.39, 0.29) is 5.91 Å². The zero-order valence-corrected chi connectivity index (χ0v) is 14.0. The standard InChI is InChI=1S/C14H15BrClN3O2/c1-9(21-12-4-3-10(16)7-11(12)15)14(20)19(2)8-13-17-5-6-18-13/h3-7,9H,8H2,1-2H3,(H,17,18). The Morgan fingerprint density at radius 2 is 2.33 bits per heavy atom. The molecule has 0 aliphatic carbocycles. The minimum Gasteiger partial charge on any atom is -0.480 e. The Balaban J connectivity index is 1.98. The van der Waals surface area contributed by atoms with E-state index >= 15 is 0 Å². The van der Waals surface area contributed by atoms with Crippen molar-refractivity contribution < 1.29 is 9.53 Å². The second kappa shape index (κ2) is 6.95. The number of aromatic nitrogens is 2. The number of amides is 1. The maximum atomic E-state index is 12.3. The highest BCUT2D eigenvalue weighted by Gasteiger charge is 2.20.